The number of halogens is 7. The van der Waals surface area contributed by atoms with Gasteiger partial charge in [-0.1, -0.05) is 19.8 Å². The summed E-state index contributed by atoms with van der Waals surface area (Å²) in [6.07, 6.45) is -5.39. The van der Waals surface area contributed by atoms with Crippen LogP contribution in [-0.2, 0) is 30.9 Å². The van der Waals surface area contributed by atoms with Gasteiger partial charge in [-0.05, 0) is 23.8 Å². The second-order valence-electron chi connectivity index (χ2n) is 4.54. The number of hydrogen-bond donors (Lipinski definition) is 0. The molecule has 1 rings (SSSR count). The van der Waals surface area contributed by atoms with Crippen LogP contribution in [0.15, 0.2) is 22.7 Å². The predicted molar refractivity (Wildman–Crippen MR) is 82.2 cm³/mol. The van der Waals surface area contributed by atoms with E-state index in [-0.39, 0.29) is 11.1 Å². The second kappa shape index (κ2) is 9.39. The Kier molecular flexibility index (Phi) is 8.76. The van der Waals surface area contributed by atoms with Crippen molar-refractivity contribution in [3.8, 4) is 0 Å². The highest BCUT2D eigenvalue weighted by Crippen LogP contribution is 2.27. The quantitative estimate of drug-likeness (QED) is 0.366. The monoisotopic (exact) mass is 488 g/mol. The average Bonchev–Trinajstić information content (AvgIpc) is 2.53. The van der Waals surface area contributed by atoms with E-state index in [1.807, 2.05) is 0 Å². The number of alkyl halides is 5. The van der Waals surface area contributed by atoms with Gasteiger partial charge in [-0.3, -0.25) is 0 Å². The Hall–Kier alpha value is -1.83. The lowest BCUT2D eigenvalue weighted by Crippen LogP contribution is -2.36. The molecule has 0 saturated carbocycles. The fraction of sp³-hybridized carbons (Fsp3) is 0.385. The fourth-order valence-corrected chi connectivity index (χ4v) is 2.06. The Morgan fingerprint density at radius 3 is 1.93 bits per heavy atom. The maximum Gasteiger partial charge on any atom is 0.470 e. The molecule has 0 unspecified atom stereocenters. The van der Waals surface area contributed by atoms with Gasteiger partial charge in [0.05, 0.1) is 26.2 Å². The van der Waals surface area contributed by atoms with Gasteiger partial charge in [0.2, 0.25) is 0 Å². The van der Waals surface area contributed by atoms with Gasteiger partial charge >= 0.3 is 33.6 Å². The molecule has 0 aliphatic carbocycles. The van der Waals surface area contributed by atoms with Gasteiger partial charge in [0, 0.05) is 4.47 Å². The summed E-state index contributed by atoms with van der Waals surface area (Å²) in [7, 11) is -4.53. The summed E-state index contributed by atoms with van der Waals surface area (Å²) in [4.78, 5) is 21.0. The maximum absolute atomic E-state index is 12.2. The molecule has 0 heterocycles. The molecule has 1 aromatic rings. The summed E-state index contributed by atoms with van der Waals surface area (Å²) in [5, 5.41) is -5.11. The number of esters is 2. The van der Waals surface area contributed by atoms with E-state index in [0.29, 0.717) is 11.6 Å². The van der Waals surface area contributed by atoms with Crippen LogP contribution in [0, 0.1) is 0 Å². The van der Waals surface area contributed by atoms with Crippen LogP contribution < -0.4 is 0 Å². The Balaban J connectivity index is 0.000000541. The molecule has 0 aliphatic rings. The highest BCUT2D eigenvalue weighted by Gasteiger charge is 2.55. The molecule has 0 amide bonds. The number of benzene rings is 1. The first-order valence-corrected chi connectivity index (χ1v) is 8.58. The molecular weight excluding hydrogens is 478 g/mol. The molecule has 6 nitrogen and oxygen atoms in total. The van der Waals surface area contributed by atoms with Gasteiger partial charge in [-0.2, -0.15) is 30.4 Å². The largest absolute Gasteiger partial charge is 0.470 e. The van der Waals surface area contributed by atoms with Crippen LogP contribution >= 0.6 is 15.9 Å². The normalized spacial score (nSPS) is 11.9. The van der Waals surface area contributed by atoms with Crippen molar-refractivity contribution in [1.82, 2.24) is 0 Å². The molecule has 0 fully saturated rings. The predicted octanol–water partition coefficient (Wildman–Crippen LogP) is 3.39. The van der Waals surface area contributed by atoms with Crippen molar-refractivity contribution in [1.29, 1.82) is 0 Å². The van der Waals surface area contributed by atoms with Gasteiger partial charge in [0.15, 0.2) is 0 Å². The van der Waals surface area contributed by atoms with Crippen LogP contribution in [-0.4, -0.2) is 46.0 Å². The number of carbonyl (C=O) groups excluding carboxylic acids is 2. The lowest BCUT2D eigenvalue weighted by Gasteiger charge is -2.09. The Bertz CT molecular complexity index is 793. The van der Waals surface area contributed by atoms with Gasteiger partial charge in [-0.15, -0.1) is 0 Å². The standard InChI is InChI=1S/C10H8BrF3O2.C3H3F3O4S/c1-16-9(15)6-2-3-8(11)7(4-6)5-10(12,13)14;1-10-2(7)3(4,5)11(6,8)9/h2-4H,5H2,1H3;1H3. The molecule has 0 aliphatic heterocycles. The zero-order valence-electron chi connectivity index (χ0n) is 13.4. The number of ether oxygens (including phenoxy) is 2. The van der Waals surface area contributed by atoms with Crippen molar-refractivity contribution in [3.05, 3.63) is 33.8 Å². The SMILES string of the molecule is COC(=O)C(F)(F)S(=O)(=O)F.COC(=O)c1ccc(Br)c(CC(F)(F)F)c1. The van der Waals surface area contributed by atoms with Crippen molar-refractivity contribution in [2.75, 3.05) is 14.2 Å². The average molecular weight is 489 g/mol. The molecule has 27 heavy (non-hydrogen) atoms. The van der Waals surface area contributed by atoms with Crippen molar-refractivity contribution >= 4 is 38.1 Å². The zero-order chi connectivity index (χ0) is 21.6. The lowest BCUT2D eigenvalue weighted by molar-refractivity contribution is -0.157. The molecule has 14 heteroatoms. The molecular formula is C13H11BrF6O6S. The number of hydrogen-bond acceptors (Lipinski definition) is 6. The van der Waals surface area contributed by atoms with E-state index in [4.69, 9.17) is 0 Å². The van der Waals surface area contributed by atoms with E-state index >= 15 is 0 Å². The molecule has 0 N–H and O–H groups in total. The summed E-state index contributed by atoms with van der Waals surface area (Å²) >= 11 is 3.00. The summed E-state index contributed by atoms with van der Waals surface area (Å²) in [5.41, 5.74) is 0.111. The minimum Gasteiger partial charge on any atom is -0.465 e. The van der Waals surface area contributed by atoms with Crippen molar-refractivity contribution in [2.24, 2.45) is 0 Å². The van der Waals surface area contributed by atoms with Crippen LogP contribution in [0.4, 0.5) is 25.8 Å². The minimum atomic E-state index is -6.22. The van der Waals surface area contributed by atoms with E-state index in [2.05, 4.69) is 25.4 Å². The summed E-state index contributed by atoms with van der Waals surface area (Å²) < 4.78 is 99.0. The van der Waals surface area contributed by atoms with Gasteiger partial charge in [-0.25, -0.2) is 9.59 Å². The van der Waals surface area contributed by atoms with E-state index < -0.39 is 40.0 Å². The Morgan fingerprint density at radius 1 is 1.07 bits per heavy atom. The smallest absolute Gasteiger partial charge is 0.465 e. The van der Waals surface area contributed by atoms with Gasteiger partial charge < -0.3 is 9.47 Å². The highest BCUT2D eigenvalue weighted by atomic mass is 79.9. The lowest BCUT2D eigenvalue weighted by atomic mass is 10.1. The third-order valence-electron chi connectivity index (χ3n) is 2.59. The Morgan fingerprint density at radius 2 is 1.59 bits per heavy atom. The second-order valence-corrected chi connectivity index (χ2v) is 6.78. The number of methoxy groups -OCH3 is 2. The first kappa shape index (κ1) is 25.2. The zero-order valence-corrected chi connectivity index (χ0v) is 15.8. The topological polar surface area (TPSA) is 86.7 Å². The summed E-state index contributed by atoms with van der Waals surface area (Å²) in [5.74, 6) is -3.10. The van der Waals surface area contributed by atoms with E-state index in [0.717, 1.165) is 0 Å². The van der Waals surface area contributed by atoms with Crippen LogP contribution in [0.2, 0.25) is 0 Å². The molecule has 1 aromatic carbocycles. The molecule has 0 spiro atoms. The number of carbonyl (C=O) groups is 2. The van der Waals surface area contributed by atoms with Crippen LogP contribution in [0.1, 0.15) is 15.9 Å². The Labute approximate surface area is 157 Å². The molecule has 0 atom stereocenters. The molecule has 154 valence electrons. The molecule has 0 bridgehead atoms. The van der Waals surface area contributed by atoms with Crippen molar-refractivity contribution in [2.45, 2.75) is 17.9 Å². The van der Waals surface area contributed by atoms with Gasteiger partial charge in [0.25, 0.3) is 0 Å². The van der Waals surface area contributed by atoms with Crippen LogP contribution in [0.3, 0.4) is 0 Å². The molecule has 0 aromatic heterocycles. The molecule has 0 saturated heterocycles. The van der Waals surface area contributed by atoms with E-state index in [1.54, 1.807) is 0 Å². The van der Waals surface area contributed by atoms with Crippen LogP contribution in [0.25, 0.3) is 0 Å². The first-order valence-electron chi connectivity index (χ1n) is 6.40. The van der Waals surface area contributed by atoms with Crippen molar-refractivity contribution in [3.63, 3.8) is 0 Å². The van der Waals surface area contributed by atoms with Gasteiger partial charge in [0.1, 0.15) is 0 Å². The van der Waals surface area contributed by atoms with E-state index in [1.165, 1.54) is 25.3 Å². The fourth-order valence-electron chi connectivity index (χ4n) is 1.39. The summed E-state index contributed by atoms with van der Waals surface area (Å²) in [6.45, 7) is 0. The third-order valence-corrected chi connectivity index (χ3v) is 4.14. The van der Waals surface area contributed by atoms with Crippen molar-refractivity contribution < 1.29 is 53.3 Å². The number of rotatable bonds is 4. The molecule has 0 radical (unpaired) electrons. The van der Waals surface area contributed by atoms with Crippen LogP contribution in [0.5, 0.6) is 0 Å². The summed E-state index contributed by atoms with van der Waals surface area (Å²) in [6, 6.07) is 3.96. The maximum atomic E-state index is 12.2. The third kappa shape index (κ3) is 7.74. The highest BCUT2D eigenvalue weighted by molar-refractivity contribution is 9.10. The minimum absolute atomic E-state index is 0.00963. The van der Waals surface area contributed by atoms with E-state index in [9.17, 15) is 43.8 Å². The first-order chi connectivity index (χ1) is 12.1.